The predicted molar refractivity (Wildman–Crippen MR) is 127 cm³/mol. The predicted octanol–water partition coefficient (Wildman–Crippen LogP) is 3.34. The van der Waals surface area contributed by atoms with Crippen LogP contribution in [0, 0.1) is 5.82 Å². The molecule has 170 valence electrons. The van der Waals surface area contributed by atoms with E-state index in [1.807, 2.05) is 25.1 Å². The van der Waals surface area contributed by atoms with E-state index in [1.54, 1.807) is 0 Å². The molecular formula is C23H33FN4O2S. The fraction of sp³-hybridized carbons (Fsp3) is 0.435. The summed E-state index contributed by atoms with van der Waals surface area (Å²) >= 11 is 0. The van der Waals surface area contributed by atoms with Crippen LogP contribution >= 0.6 is 0 Å². The topological polar surface area (TPSA) is 73.8 Å². The molecule has 6 nitrogen and oxygen atoms in total. The Kier molecular flexibility index (Phi) is 9.78. The summed E-state index contributed by atoms with van der Waals surface area (Å²) in [7, 11) is -3.22. The quantitative estimate of drug-likeness (QED) is 0.313. The molecule has 0 radical (unpaired) electrons. The van der Waals surface area contributed by atoms with Crippen molar-refractivity contribution in [2.75, 3.05) is 37.3 Å². The number of rotatable bonds is 11. The molecule has 31 heavy (non-hydrogen) atoms. The molecule has 0 heterocycles. The largest absolute Gasteiger partial charge is 0.372 e. The standard InChI is InChI=1S/C23H33FN4O2S/c1-4-25-23(26-14-9-15-28(5-2)22-10-7-6-8-11-22)27-17-20-16-21(24)13-12-19(20)18-31(3,29)30/h6-8,10-13,16H,4-5,9,14-15,17-18H2,1-3H3,(H2,25,26,27). The Hall–Kier alpha value is -2.61. The number of guanidine groups is 1. The van der Waals surface area contributed by atoms with E-state index in [1.165, 1.54) is 30.1 Å². The zero-order valence-corrected chi connectivity index (χ0v) is 19.4. The minimum atomic E-state index is -3.22. The molecule has 0 aliphatic carbocycles. The molecule has 2 rings (SSSR count). The molecular weight excluding hydrogens is 415 g/mol. The summed E-state index contributed by atoms with van der Waals surface area (Å²) in [6, 6.07) is 14.5. The molecule has 0 spiro atoms. The zero-order chi connectivity index (χ0) is 22.7. The summed E-state index contributed by atoms with van der Waals surface area (Å²) in [5, 5.41) is 6.49. The third-order valence-corrected chi connectivity index (χ3v) is 5.57. The second-order valence-electron chi connectivity index (χ2n) is 7.37. The van der Waals surface area contributed by atoms with Gasteiger partial charge >= 0.3 is 0 Å². The summed E-state index contributed by atoms with van der Waals surface area (Å²) < 4.78 is 37.1. The average Bonchev–Trinajstić information content (AvgIpc) is 2.73. The minimum Gasteiger partial charge on any atom is -0.372 e. The summed E-state index contributed by atoms with van der Waals surface area (Å²) in [5.41, 5.74) is 2.35. The lowest BCUT2D eigenvalue weighted by molar-refractivity contribution is 0.600. The van der Waals surface area contributed by atoms with Crippen LogP contribution in [0.5, 0.6) is 0 Å². The first-order chi connectivity index (χ1) is 14.8. The number of halogens is 1. The van der Waals surface area contributed by atoms with Crippen LogP contribution < -0.4 is 15.5 Å². The van der Waals surface area contributed by atoms with Gasteiger partial charge in [-0.05, 0) is 55.7 Å². The van der Waals surface area contributed by atoms with E-state index in [2.05, 4.69) is 39.6 Å². The minimum absolute atomic E-state index is 0.131. The molecule has 0 bridgehead atoms. The highest BCUT2D eigenvalue weighted by atomic mass is 32.2. The molecule has 2 aromatic rings. The lowest BCUT2D eigenvalue weighted by Gasteiger charge is -2.23. The molecule has 0 saturated carbocycles. The highest BCUT2D eigenvalue weighted by Gasteiger charge is 2.11. The van der Waals surface area contributed by atoms with Crippen molar-refractivity contribution in [2.24, 2.45) is 4.99 Å². The number of nitrogens with zero attached hydrogens (tertiary/aromatic N) is 2. The summed E-state index contributed by atoms with van der Waals surface area (Å²) in [6.07, 6.45) is 2.09. The van der Waals surface area contributed by atoms with Gasteiger partial charge in [-0.3, -0.25) is 0 Å². The first kappa shape index (κ1) is 24.7. The normalized spacial score (nSPS) is 11.9. The van der Waals surface area contributed by atoms with Crippen molar-refractivity contribution in [1.82, 2.24) is 10.6 Å². The summed E-state index contributed by atoms with van der Waals surface area (Å²) in [6.45, 7) is 7.58. The van der Waals surface area contributed by atoms with E-state index in [-0.39, 0.29) is 12.3 Å². The van der Waals surface area contributed by atoms with Gasteiger partial charge in [-0.1, -0.05) is 24.3 Å². The summed E-state index contributed by atoms with van der Waals surface area (Å²) in [4.78, 5) is 6.85. The van der Waals surface area contributed by atoms with Gasteiger partial charge in [0.1, 0.15) is 5.82 Å². The molecule has 0 fully saturated rings. The highest BCUT2D eigenvalue weighted by molar-refractivity contribution is 7.89. The first-order valence-corrected chi connectivity index (χ1v) is 12.7. The van der Waals surface area contributed by atoms with E-state index in [0.29, 0.717) is 23.6 Å². The van der Waals surface area contributed by atoms with Crippen molar-refractivity contribution in [3.8, 4) is 0 Å². The molecule has 8 heteroatoms. The monoisotopic (exact) mass is 448 g/mol. The van der Waals surface area contributed by atoms with Crippen LogP contribution in [0.4, 0.5) is 10.1 Å². The lowest BCUT2D eigenvalue weighted by atomic mass is 10.1. The third kappa shape index (κ3) is 8.96. The van der Waals surface area contributed by atoms with Crippen molar-refractivity contribution < 1.29 is 12.8 Å². The smallest absolute Gasteiger partial charge is 0.191 e. The molecule has 0 aliphatic rings. The van der Waals surface area contributed by atoms with E-state index in [4.69, 9.17) is 0 Å². The molecule has 0 aromatic heterocycles. The molecule has 2 N–H and O–H groups in total. The SMILES string of the molecule is CCNC(=NCc1cc(F)ccc1CS(C)(=O)=O)NCCCN(CC)c1ccccc1. The molecule has 0 aliphatic heterocycles. The van der Waals surface area contributed by atoms with Crippen LogP contribution in [-0.2, 0) is 22.1 Å². The maximum Gasteiger partial charge on any atom is 0.191 e. The fourth-order valence-electron chi connectivity index (χ4n) is 3.26. The fourth-order valence-corrected chi connectivity index (χ4v) is 4.10. The number of anilines is 1. The molecule has 0 amide bonds. The van der Waals surface area contributed by atoms with E-state index < -0.39 is 15.7 Å². The molecule has 2 aromatic carbocycles. The number of hydrogen-bond acceptors (Lipinski definition) is 4. The van der Waals surface area contributed by atoms with Crippen molar-refractivity contribution in [2.45, 2.75) is 32.6 Å². The van der Waals surface area contributed by atoms with Gasteiger partial charge in [0.2, 0.25) is 0 Å². The van der Waals surface area contributed by atoms with Crippen molar-refractivity contribution in [3.63, 3.8) is 0 Å². The van der Waals surface area contributed by atoms with Crippen LogP contribution in [0.15, 0.2) is 53.5 Å². The van der Waals surface area contributed by atoms with Gasteiger partial charge in [0.25, 0.3) is 0 Å². The van der Waals surface area contributed by atoms with Gasteiger partial charge in [0.05, 0.1) is 12.3 Å². The number of para-hydroxylation sites is 1. The zero-order valence-electron chi connectivity index (χ0n) is 18.6. The Morgan fingerprint density at radius 1 is 1.06 bits per heavy atom. The Morgan fingerprint density at radius 2 is 1.81 bits per heavy atom. The maximum absolute atomic E-state index is 13.7. The van der Waals surface area contributed by atoms with Gasteiger partial charge in [-0.25, -0.2) is 17.8 Å². The number of benzene rings is 2. The van der Waals surface area contributed by atoms with Gasteiger partial charge in [-0.15, -0.1) is 0 Å². The highest BCUT2D eigenvalue weighted by Crippen LogP contribution is 2.16. The van der Waals surface area contributed by atoms with Crippen molar-refractivity contribution in [1.29, 1.82) is 0 Å². The molecule has 0 unspecified atom stereocenters. The number of nitrogens with one attached hydrogen (secondary N) is 2. The van der Waals surface area contributed by atoms with E-state index in [0.717, 1.165) is 26.1 Å². The Labute approximate surface area is 185 Å². The summed E-state index contributed by atoms with van der Waals surface area (Å²) in [5.74, 6) is 0.0925. The number of hydrogen-bond donors (Lipinski definition) is 2. The molecule has 0 atom stereocenters. The lowest BCUT2D eigenvalue weighted by Crippen LogP contribution is -2.38. The van der Waals surface area contributed by atoms with E-state index >= 15 is 0 Å². The van der Waals surface area contributed by atoms with Crippen LogP contribution in [0.3, 0.4) is 0 Å². The average molecular weight is 449 g/mol. The first-order valence-electron chi connectivity index (χ1n) is 10.6. The molecule has 0 saturated heterocycles. The third-order valence-electron chi connectivity index (χ3n) is 4.74. The van der Waals surface area contributed by atoms with Gasteiger partial charge in [-0.2, -0.15) is 0 Å². The van der Waals surface area contributed by atoms with Crippen LogP contribution in [0.25, 0.3) is 0 Å². The Balaban J connectivity index is 1.97. The maximum atomic E-state index is 13.7. The second kappa shape index (κ2) is 12.3. The van der Waals surface area contributed by atoms with Gasteiger partial charge < -0.3 is 15.5 Å². The number of aliphatic imine (C=N–C) groups is 1. The van der Waals surface area contributed by atoms with Crippen molar-refractivity contribution >= 4 is 21.5 Å². The van der Waals surface area contributed by atoms with Gasteiger partial charge in [0, 0.05) is 38.1 Å². The van der Waals surface area contributed by atoms with Crippen molar-refractivity contribution in [3.05, 3.63) is 65.5 Å². The van der Waals surface area contributed by atoms with E-state index in [9.17, 15) is 12.8 Å². The van der Waals surface area contributed by atoms with Crippen LogP contribution in [0.1, 0.15) is 31.4 Å². The Morgan fingerprint density at radius 3 is 2.45 bits per heavy atom. The van der Waals surface area contributed by atoms with Crippen LogP contribution in [0.2, 0.25) is 0 Å². The van der Waals surface area contributed by atoms with Gasteiger partial charge in [0.15, 0.2) is 15.8 Å². The number of sulfone groups is 1. The Bertz CT molecular complexity index is 949. The second-order valence-corrected chi connectivity index (χ2v) is 9.51. The van der Waals surface area contributed by atoms with Crippen LogP contribution in [-0.4, -0.2) is 46.8 Å².